The van der Waals surface area contributed by atoms with Crippen LogP contribution in [0.5, 0.6) is 0 Å². The molecule has 1 fully saturated rings. The van der Waals surface area contributed by atoms with Gasteiger partial charge >= 0.3 is 0 Å². The highest BCUT2D eigenvalue weighted by atomic mass is 32.2. The van der Waals surface area contributed by atoms with Gasteiger partial charge in [0.15, 0.2) is 17.5 Å². The van der Waals surface area contributed by atoms with Crippen LogP contribution in [-0.4, -0.2) is 44.9 Å². The third-order valence-electron chi connectivity index (χ3n) is 4.21. The highest BCUT2D eigenvalue weighted by molar-refractivity contribution is 7.89. The fourth-order valence-electron chi connectivity index (χ4n) is 2.66. The van der Waals surface area contributed by atoms with Crippen molar-refractivity contribution in [3.05, 3.63) is 65.5 Å². The summed E-state index contributed by atoms with van der Waals surface area (Å²) in [5.74, 6) is -5.30. The lowest BCUT2D eigenvalue weighted by Crippen LogP contribution is -2.40. The molecule has 6 nitrogen and oxygen atoms in total. The molecule has 3 rings (SSSR count). The highest BCUT2D eigenvalue weighted by Crippen LogP contribution is 2.20. The molecule has 0 aromatic heterocycles. The first-order valence-electron chi connectivity index (χ1n) is 8.59. The molecule has 2 aromatic carbocycles. The Hall–Kier alpha value is -2.69. The monoisotopic (exact) mass is 426 g/mol. The van der Waals surface area contributed by atoms with Crippen molar-refractivity contribution in [2.24, 2.45) is 0 Å². The molecule has 1 N–H and O–H groups in total. The first-order valence-corrected chi connectivity index (χ1v) is 10.0. The van der Waals surface area contributed by atoms with E-state index in [1.165, 1.54) is 34.6 Å². The molecule has 0 bridgehead atoms. The first-order chi connectivity index (χ1) is 13.8. The van der Waals surface area contributed by atoms with Gasteiger partial charge in [-0.2, -0.15) is 4.31 Å². The number of hydrogen-bond acceptors (Lipinski definition) is 4. The van der Waals surface area contributed by atoms with Crippen LogP contribution in [-0.2, 0) is 19.6 Å². The van der Waals surface area contributed by atoms with Gasteiger partial charge in [-0.3, -0.25) is 4.79 Å². The zero-order valence-electron chi connectivity index (χ0n) is 15.1. The van der Waals surface area contributed by atoms with Gasteiger partial charge in [0.2, 0.25) is 15.9 Å². The Morgan fingerprint density at radius 1 is 1.00 bits per heavy atom. The lowest BCUT2D eigenvalue weighted by atomic mass is 10.2. The molecule has 0 spiro atoms. The van der Waals surface area contributed by atoms with E-state index in [0.717, 1.165) is 12.1 Å². The number of hydrogen-bond donors (Lipinski definition) is 1. The standard InChI is InChI=1S/C19H17F3N2O4S/c20-15-6-7-16(19(22)18(15)21)23-17(25)8-3-13-1-4-14(5-2-13)29(26,27)24-9-11-28-12-10-24/h1-8H,9-12H2,(H,23,25). The topological polar surface area (TPSA) is 75.7 Å². The van der Waals surface area contributed by atoms with Crippen LogP contribution in [0.3, 0.4) is 0 Å². The Labute approximate surface area is 165 Å². The van der Waals surface area contributed by atoms with E-state index in [9.17, 15) is 26.4 Å². The van der Waals surface area contributed by atoms with Gasteiger partial charge in [-0.1, -0.05) is 12.1 Å². The minimum Gasteiger partial charge on any atom is -0.379 e. The number of amides is 1. The first kappa shape index (κ1) is 21.0. The summed E-state index contributed by atoms with van der Waals surface area (Å²) in [5, 5.41) is 2.11. The molecule has 0 aliphatic carbocycles. The van der Waals surface area contributed by atoms with E-state index in [1.807, 2.05) is 0 Å². The van der Waals surface area contributed by atoms with Crippen LogP contribution >= 0.6 is 0 Å². The number of carbonyl (C=O) groups is 1. The zero-order chi connectivity index (χ0) is 21.0. The van der Waals surface area contributed by atoms with Gasteiger partial charge in [0.25, 0.3) is 0 Å². The number of anilines is 1. The van der Waals surface area contributed by atoms with Gasteiger partial charge < -0.3 is 10.1 Å². The minimum atomic E-state index is -3.62. The summed E-state index contributed by atoms with van der Waals surface area (Å²) < 4.78 is 71.2. The van der Waals surface area contributed by atoms with Gasteiger partial charge in [-0.05, 0) is 35.9 Å². The van der Waals surface area contributed by atoms with Gasteiger partial charge in [-0.25, -0.2) is 21.6 Å². The van der Waals surface area contributed by atoms with Gasteiger partial charge in [0.05, 0.1) is 23.8 Å². The van der Waals surface area contributed by atoms with Crippen molar-refractivity contribution in [3.8, 4) is 0 Å². The Kier molecular flexibility index (Phi) is 6.36. The fourth-order valence-corrected chi connectivity index (χ4v) is 4.06. The van der Waals surface area contributed by atoms with E-state index in [2.05, 4.69) is 5.32 Å². The Morgan fingerprint density at radius 3 is 2.31 bits per heavy atom. The number of nitrogens with one attached hydrogen (secondary N) is 1. The third-order valence-corrected chi connectivity index (χ3v) is 6.12. The maximum absolute atomic E-state index is 13.6. The number of benzene rings is 2. The molecule has 29 heavy (non-hydrogen) atoms. The second-order valence-electron chi connectivity index (χ2n) is 6.13. The van der Waals surface area contributed by atoms with Crippen LogP contribution in [0, 0.1) is 17.5 Å². The van der Waals surface area contributed by atoms with Crippen molar-refractivity contribution in [1.29, 1.82) is 0 Å². The second kappa shape index (κ2) is 8.76. The smallest absolute Gasteiger partial charge is 0.248 e. The molecule has 0 saturated carbocycles. The molecule has 1 heterocycles. The summed E-state index contributed by atoms with van der Waals surface area (Å²) in [5.41, 5.74) is 0.0253. The summed E-state index contributed by atoms with van der Waals surface area (Å²) in [6.45, 7) is 1.25. The van der Waals surface area contributed by atoms with Crippen molar-refractivity contribution in [2.75, 3.05) is 31.6 Å². The number of sulfonamides is 1. The van der Waals surface area contributed by atoms with E-state index < -0.39 is 39.1 Å². The number of rotatable bonds is 5. The highest BCUT2D eigenvalue weighted by Gasteiger charge is 2.26. The summed E-state index contributed by atoms with van der Waals surface area (Å²) in [4.78, 5) is 12.0. The van der Waals surface area contributed by atoms with Crippen LogP contribution in [0.25, 0.3) is 6.08 Å². The number of nitrogens with zero attached hydrogens (tertiary/aromatic N) is 1. The summed E-state index contributed by atoms with van der Waals surface area (Å²) in [6, 6.07) is 7.45. The lowest BCUT2D eigenvalue weighted by molar-refractivity contribution is -0.111. The second-order valence-corrected chi connectivity index (χ2v) is 8.07. The normalized spacial score (nSPS) is 15.6. The van der Waals surface area contributed by atoms with Crippen molar-refractivity contribution in [2.45, 2.75) is 4.90 Å². The Bertz CT molecular complexity index is 1030. The van der Waals surface area contributed by atoms with Crippen molar-refractivity contribution >= 4 is 27.7 Å². The quantitative estimate of drug-likeness (QED) is 0.589. The van der Waals surface area contributed by atoms with Crippen molar-refractivity contribution in [3.63, 3.8) is 0 Å². The number of morpholine rings is 1. The summed E-state index contributed by atoms with van der Waals surface area (Å²) in [6.07, 6.45) is 2.43. The number of halogens is 3. The molecule has 1 aliphatic heterocycles. The average Bonchev–Trinajstić information content (AvgIpc) is 2.73. The van der Waals surface area contributed by atoms with E-state index in [0.29, 0.717) is 24.8 Å². The summed E-state index contributed by atoms with van der Waals surface area (Å²) >= 11 is 0. The Balaban J connectivity index is 1.67. The molecule has 2 aromatic rings. The number of ether oxygens (including phenoxy) is 1. The summed E-state index contributed by atoms with van der Waals surface area (Å²) in [7, 11) is -3.62. The fraction of sp³-hybridized carbons (Fsp3) is 0.211. The molecular formula is C19H17F3N2O4S. The van der Waals surface area contributed by atoms with Gasteiger partial charge in [0, 0.05) is 19.2 Å². The van der Waals surface area contributed by atoms with Gasteiger partial charge in [-0.15, -0.1) is 0 Å². The predicted octanol–water partition coefficient (Wildman–Crippen LogP) is 2.78. The van der Waals surface area contributed by atoms with Crippen LogP contribution in [0.4, 0.5) is 18.9 Å². The van der Waals surface area contributed by atoms with Crippen LogP contribution in [0.15, 0.2) is 47.4 Å². The maximum Gasteiger partial charge on any atom is 0.248 e. The van der Waals surface area contributed by atoms with E-state index in [4.69, 9.17) is 4.74 Å². The zero-order valence-corrected chi connectivity index (χ0v) is 15.9. The van der Waals surface area contributed by atoms with E-state index in [1.54, 1.807) is 0 Å². The molecule has 0 radical (unpaired) electrons. The minimum absolute atomic E-state index is 0.116. The van der Waals surface area contributed by atoms with Crippen molar-refractivity contribution < 1.29 is 31.1 Å². The molecule has 1 saturated heterocycles. The third kappa shape index (κ3) is 4.84. The SMILES string of the molecule is O=C(C=Cc1ccc(S(=O)(=O)N2CCOCC2)cc1)Nc1ccc(F)c(F)c1F. The predicted molar refractivity (Wildman–Crippen MR) is 100.0 cm³/mol. The molecule has 154 valence electrons. The van der Waals surface area contributed by atoms with Crippen LogP contribution in [0.2, 0.25) is 0 Å². The molecule has 0 atom stereocenters. The Morgan fingerprint density at radius 2 is 1.66 bits per heavy atom. The van der Waals surface area contributed by atoms with E-state index in [-0.39, 0.29) is 18.0 Å². The van der Waals surface area contributed by atoms with Crippen LogP contribution < -0.4 is 5.32 Å². The largest absolute Gasteiger partial charge is 0.379 e. The number of carbonyl (C=O) groups excluding carboxylic acids is 1. The molecule has 1 aliphatic rings. The van der Waals surface area contributed by atoms with Gasteiger partial charge in [0.1, 0.15) is 0 Å². The molecular weight excluding hydrogens is 409 g/mol. The van der Waals surface area contributed by atoms with E-state index >= 15 is 0 Å². The van der Waals surface area contributed by atoms with Crippen LogP contribution in [0.1, 0.15) is 5.56 Å². The molecule has 10 heteroatoms. The average molecular weight is 426 g/mol. The lowest BCUT2D eigenvalue weighted by Gasteiger charge is -2.26. The van der Waals surface area contributed by atoms with Crippen molar-refractivity contribution in [1.82, 2.24) is 4.31 Å². The molecule has 0 unspecified atom stereocenters. The molecule has 1 amide bonds. The maximum atomic E-state index is 13.6.